The number of carbonyl (C=O) groups is 1. The molecule has 0 saturated heterocycles. The lowest BCUT2D eigenvalue weighted by molar-refractivity contribution is -0.117. The first-order valence-corrected chi connectivity index (χ1v) is 8.57. The predicted octanol–water partition coefficient (Wildman–Crippen LogP) is 3.80. The van der Waals surface area contributed by atoms with Gasteiger partial charge in [0.15, 0.2) is 5.78 Å². The molecule has 0 aromatic rings. The molecule has 4 rings (SSSR count). The van der Waals surface area contributed by atoms with Gasteiger partial charge in [-0.1, -0.05) is 31.1 Å². The van der Waals surface area contributed by atoms with Crippen LogP contribution in [-0.4, -0.2) is 17.0 Å². The average Bonchev–Trinajstić information content (AvgIpc) is 2.76. The first kappa shape index (κ1) is 13.8. The van der Waals surface area contributed by atoms with Crippen molar-refractivity contribution in [3.05, 3.63) is 23.3 Å². The Bertz CT molecular complexity index is 558. The fourth-order valence-electron chi connectivity index (χ4n) is 5.85. The van der Waals surface area contributed by atoms with Gasteiger partial charge in [0, 0.05) is 11.8 Å². The Morgan fingerprint density at radius 1 is 1.19 bits per heavy atom. The van der Waals surface area contributed by atoms with Crippen LogP contribution in [0.25, 0.3) is 0 Å². The highest BCUT2D eigenvalue weighted by atomic mass is 16.3. The highest BCUT2D eigenvalue weighted by Gasteiger charge is 2.53. The van der Waals surface area contributed by atoms with Crippen molar-refractivity contribution in [2.24, 2.45) is 22.7 Å². The van der Waals surface area contributed by atoms with Gasteiger partial charge in [-0.25, -0.2) is 0 Å². The van der Waals surface area contributed by atoms with Gasteiger partial charge in [-0.15, -0.1) is 0 Å². The molecule has 2 nitrogen and oxygen atoms in total. The van der Waals surface area contributed by atoms with Crippen molar-refractivity contribution in [1.29, 1.82) is 0 Å². The van der Waals surface area contributed by atoms with Crippen LogP contribution in [0, 0.1) is 22.7 Å². The molecule has 0 bridgehead atoms. The third-order valence-electron chi connectivity index (χ3n) is 7.32. The number of carbonyl (C=O) groups excluding carboxylic acids is 1. The summed E-state index contributed by atoms with van der Waals surface area (Å²) in [7, 11) is 0. The van der Waals surface area contributed by atoms with E-state index in [1.165, 1.54) is 6.42 Å². The van der Waals surface area contributed by atoms with E-state index in [9.17, 15) is 9.90 Å². The van der Waals surface area contributed by atoms with Crippen LogP contribution in [0.15, 0.2) is 23.3 Å². The summed E-state index contributed by atoms with van der Waals surface area (Å²) in [5.41, 5.74) is 3.45. The normalized spacial score (nSPS) is 48.9. The van der Waals surface area contributed by atoms with Crippen LogP contribution in [-0.2, 0) is 4.79 Å². The van der Waals surface area contributed by atoms with Gasteiger partial charge in [-0.2, -0.15) is 0 Å². The average molecular weight is 286 g/mol. The number of aliphatic hydroxyl groups is 1. The van der Waals surface area contributed by atoms with Crippen LogP contribution in [0.1, 0.15) is 58.8 Å². The Labute approximate surface area is 127 Å². The summed E-state index contributed by atoms with van der Waals surface area (Å²) < 4.78 is 0. The maximum atomic E-state index is 11.8. The Kier molecular flexibility index (Phi) is 2.83. The Balaban J connectivity index is 1.79. The van der Waals surface area contributed by atoms with E-state index in [1.54, 1.807) is 11.1 Å². The first-order valence-electron chi connectivity index (χ1n) is 8.57. The van der Waals surface area contributed by atoms with E-state index in [0.29, 0.717) is 17.6 Å². The largest absolute Gasteiger partial charge is 0.392 e. The topological polar surface area (TPSA) is 37.3 Å². The summed E-state index contributed by atoms with van der Waals surface area (Å²) in [6, 6.07) is 0. The molecule has 5 atom stereocenters. The lowest BCUT2D eigenvalue weighted by atomic mass is 9.51. The summed E-state index contributed by atoms with van der Waals surface area (Å²) in [6.07, 6.45) is 11.3. The molecule has 0 spiro atoms. The lowest BCUT2D eigenvalue weighted by Crippen LogP contribution is -2.45. The van der Waals surface area contributed by atoms with Gasteiger partial charge >= 0.3 is 0 Å². The molecule has 21 heavy (non-hydrogen) atoms. The number of ketones is 1. The molecular formula is C19H26O2. The van der Waals surface area contributed by atoms with Crippen molar-refractivity contribution in [1.82, 2.24) is 0 Å². The maximum absolute atomic E-state index is 11.8. The third kappa shape index (κ3) is 1.72. The summed E-state index contributed by atoms with van der Waals surface area (Å²) >= 11 is 0. The minimum absolute atomic E-state index is 0.0449. The third-order valence-corrected chi connectivity index (χ3v) is 7.32. The minimum Gasteiger partial charge on any atom is -0.392 e. The van der Waals surface area contributed by atoms with E-state index < -0.39 is 0 Å². The second kappa shape index (κ2) is 4.32. The second-order valence-electron chi connectivity index (χ2n) is 8.17. The molecule has 2 fully saturated rings. The zero-order chi connectivity index (χ0) is 14.8. The molecule has 2 unspecified atom stereocenters. The van der Waals surface area contributed by atoms with Gasteiger partial charge in [-0.05, 0) is 61.9 Å². The fraction of sp³-hybridized carbons (Fsp3) is 0.737. The summed E-state index contributed by atoms with van der Waals surface area (Å²) in [5.74, 6) is 1.44. The Morgan fingerprint density at radius 3 is 2.81 bits per heavy atom. The summed E-state index contributed by atoms with van der Waals surface area (Å²) in [4.78, 5) is 11.8. The van der Waals surface area contributed by atoms with Crippen LogP contribution in [0.3, 0.4) is 0 Å². The van der Waals surface area contributed by atoms with Gasteiger partial charge in [0.05, 0.1) is 6.10 Å². The van der Waals surface area contributed by atoms with Gasteiger partial charge in [0.2, 0.25) is 0 Å². The molecule has 1 N–H and O–H groups in total. The van der Waals surface area contributed by atoms with E-state index in [4.69, 9.17) is 0 Å². The minimum atomic E-state index is -0.144. The number of hydrogen-bond acceptors (Lipinski definition) is 2. The highest BCUT2D eigenvalue weighted by Crippen LogP contribution is 2.62. The summed E-state index contributed by atoms with van der Waals surface area (Å²) in [6.45, 7) is 4.65. The van der Waals surface area contributed by atoms with Gasteiger partial charge in [-0.3, -0.25) is 4.79 Å². The zero-order valence-electron chi connectivity index (χ0n) is 13.2. The van der Waals surface area contributed by atoms with Gasteiger partial charge in [0.25, 0.3) is 0 Å². The van der Waals surface area contributed by atoms with E-state index in [0.717, 1.165) is 38.5 Å². The Hall–Kier alpha value is -0.890. The highest BCUT2D eigenvalue weighted by molar-refractivity contribution is 5.91. The molecule has 4 aliphatic carbocycles. The lowest BCUT2D eigenvalue weighted by Gasteiger charge is -2.53. The van der Waals surface area contributed by atoms with Crippen molar-refractivity contribution in [2.75, 3.05) is 0 Å². The van der Waals surface area contributed by atoms with Gasteiger partial charge in [0.1, 0.15) is 0 Å². The predicted molar refractivity (Wildman–Crippen MR) is 82.7 cm³/mol. The first-order chi connectivity index (χ1) is 9.95. The van der Waals surface area contributed by atoms with Crippen LogP contribution < -0.4 is 0 Å². The van der Waals surface area contributed by atoms with E-state index in [-0.39, 0.29) is 16.9 Å². The molecular weight excluding hydrogens is 260 g/mol. The number of allylic oxidation sites excluding steroid dienone is 3. The molecule has 0 radical (unpaired) electrons. The van der Waals surface area contributed by atoms with Crippen molar-refractivity contribution >= 4 is 5.78 Å². The Morgan fingerprint density at radius 2 is 2.00 bits per heavy atom. The summed E-state index contributed by atoms with van der Waals surface area (Å²) in [5, 5.41) is 10.4. The molecule has 114 valence electrons. The second-order valence-corrected chi connectivity index (χ2v) is 8.17. The van der Waals surface area contributed by atoms with E-state index in [2.05, 4.69) is 19.9 Å². The van der Waals surface area contributed by atoms with Crippen molar-refractivity contribution in [2.45, 2.75) is 64.9 Å². The SMILES string of the molecule is C[C@]12CC[C@@H]3C(=C1CCC2O)CCC1CC(=O)C=C[C@@]13C. The molecule has 2 saturated carbocycles. The van der Waals surface area contributed by atoms with Crippen molar-refractivity contribution < 1.29 is 9.90 Å². The van der Waals surface area contributed by atoms with Crippen LogP contribution in [0.2, 0.25) is 0 Å². The van der Waals surface area contributed by atoms with Crippen LogP contribution in [0.5, 0.6) is 0 Å². The van der Waals surface area contributed by atoms with Crippen LogP contribution >= 0.6 is 0 Å². The molecule has 2 heteroatoms. The zero-order valence-corrected chi connectivity index (χ0v) is 13.2. The van der Waals surface area contributed by atoms with E-state index >= 15 is 0 Å². The molecule has 0 aromatic heterocycles. The number of rotatable bonds is 0. The monoisotopic (exact) mass is 286 g/mol. The number of aliphatic hydroxyl groups excluding tert-OH is 1. The quantitative estimate of drug-likeness (QED) is 0.688. The molecule has 0 heterocycles. The molecule has 4 aliphatic rings. The smallest absolute Gasteiger partial charge is 0.155 e. The van der Waals surface area contributed by atoms with Crippen molar-refractivity contribution in [3.8, 4) is 0 Å². The van der Waals surface area contributed by atoms with E-state index in [1.807, 2.05) is 6.08 Å². The molecule has 0 aromatic carbocycles. The standard InChI is InChI=1S/C19H26O2/c1-18-9-7-13(20)11-12(18)3-4-14-15-5-6-17(21)19(15,2)10-8-16(14)18/h7,9,12,16-17,21H,3-6,8,10-11H2,1-2H3/t12?,16-,17?,18+,19+/m1/s1. The van der Waals surface area contributed by atoms with Crippen molar-refractivity contribution in [3.63, 3.8) is 0 Å². The molecule has 0 aliphatic heterocycles. The fourth-order valence-corrected chi connectivity index (χ4v) is 5.85. The maximum Gasteiger partial charge on any atom is 0.155 e. The van der Waals surface area contributed by atoms with Gasteiger partial charge < -0.3 is 5.11 Å². The van der Waals surface area contributed by atoms with Crippen LogP contribution in [0.4, 0.5) is 0 Å². The number of fused-ring (bicyclic) bond motifs is 4. The molecule has 0 amide bonds. The number of hydrogen-bond donors (Lipinski definition) is 1.